The highest BCUT2D eigenvalue weighted by Gasteiger charge is 2.19. The molecule has 0 saturated carbocycles. The molecule has 1 aromatic heterocycles. The molecule has 2 heterocycles. The number of nitrogens with zero attached hydrogens (tertiary/aromatic N) is 2. The van der Waals surface area contributed by atoms with Crippen molar-refractivity contribution < 1.29 is 9.15 Å². The number of nitrogens with one attached hydrogen (secondary N) is 2. The standard InChI is InChI=1S/C16H28N4O2/c1-17-16(18-8-5-15-4-3-12-22-15)19-14-6-9-20(10-7-14)11-13-21-2/h3-4,12,14H,5-11,13H2,1-2H3,(H2,17,18,19). The van der Waals surface area contributed by atoms with Gasteiger partial charge in [-0.15, -0.1) is 0 Å². The summed E-state index contributed by atoms with van der Waals surface area (Å²) in [6.45, 7) is 4.89. The van der Waals surface area contributed by atoms with Crippen LogP contribution >= 0.6 is 0 Å². The van der Waals surface area contributed by atoms with E-state index in [0.29, 0.717) is 6.04 Å². The number of furan rings is 1. The van der Waals surface area contributed by atoms with Crippen molar-refractivity contribution in [3.8, 4) is 0 Å². The second-order valence-electron chi connectivity index (χ2n) is 5.58. The highest BCUT2D eigenvalue weighted by Crippen LogP contribution is 2.09. The van der Waals surface area contributed by atoms with E-state index >= 15 is 0 Å². The van der Waals surface area contributed by atoms with Crippen LogP contribution in [0.2, 0.25) is 0 Å². The van der Waals surface area contributed by atoms with Crippen LogP contribution in [0.4, 0.5) is 0 Å². The lowest BCUT2D eigenvalue weighted by molar-refractivity contribution is 0.128. The van der Waals surface area contributed by atoms with E-state index in [9.17, 15) is 0 Å². The molecular formula is C16H28N4O2. The molecular weight excluding hydrogens is 280 g/mol. The van der Waals surface area contributed by atoms with Gasteiger partial charge >= 0.3 is 0 Å². The van der Waals surface area contributed by atoms with Crippen molar-refractivity contribution in [2.45, 2.75) is 25.3 Å². The molecule has 0 bridgehead atoms. The van der Waals surface area contributed by atoms with E-state index in [0.717, 1.165) is 63.8 Å². The second-order valence-corrected chi connectivity index (χ2v) is 5.58. The van der Waals surface area contributed by atoms with Crippen LogP contribution < -0.4 is 10.6 Å². The Hall–Kier alpha value is -1.53. The summed E-state index contributed by atoms with van der Waals surface area (Å²) in [7, 11) is 3.57. The molecule has 1 aromatic rings. The minimum absolute atomic E-state index is 0.494. The number of guanidine groups is 1. The first-order chi connectivity index (χ1) is 10.8. The summed E-state index contributed by atoms with van der Waals surface area (Å²) in [6, 6.07) is 4.40. The number of piperidine rings is 1. The lowest BCUT2D eigenvalue weighted by Crippen LogP contribution is -2.49. The SMILES string of the molecule is CN=C(NCCc1ccco1)NC1CCN(CCOC)CC1. The molecule has 0 aliphatic carbocycles. The van der Waals surface area contributed by atoms with E-state index < -0.39 is 0 Å². The van der Waals surface area contributed by atoms with Gasteiger partial charge < -0.3 is 24.7 Å². The molecule has 1 saturated heterocycles. The molecule has 6 nitrogen and oxygen atoms in total. The second kappa shape index (κ2) is 9.48. The first-order valence-electron chi connectivity index (χ1n) is 8.02. The maximum atomic E-state index is 5.33. The van der Waals surface area contributed by atoms with Gasteiger partial charge in [-0.25, -0.2) is 0 Å². The number of hydrogen-bond donors (Lipinski definition) is 2. The monoisotopic (exact) mass is 308 g/mol. The van der Waals surface area contributed by atoms with E-state index in [1.165, 1.54) is 0 Å². The zero-order valence-corrected chi connectivity index (χ0v) is 13.7. The molecule has 2 N–H and O–H groups in total. The summed E-state index contributed by atoms with van der Waals surface area (Å²) in [5.41, 5.74) is 0. The van der Waals surface area contributed by atoms with Gasteiger partial charge in [0.25, 0.3) is 0 Å². The molecule has 2 rings (SSSR count). The average Bonchev–Trinajstić information content (AvgIpc) is 3.06. The van der Waals surface area contributed by atoms with Gasteiger partial charge in [-0.3, -0.25) is 4.99 Å². The van der Waals surface area contributed by atoms with Crippen LogP contribution in [0.5, 0.6) is 0 Å². The largest absolute Gasteiger partial charge is 0.469 e. The van der Waals surface area contributed by atoms with Crippen LogP contribution in [0.3, 0.4) is 0 Å². The number of rotatable bonds is 7. The summed E-state index contributed by atoms with van der Waals surface area (Å²) < 4.78 is 10.5. The van der Waals surface area contributed by atoms with Crippen molar-refractivity contribution in [1.82, 2.24) is 15.5 Å². The van der Waals surface area contributed by atoms with Gasteiger partial charge in [0.2, 0.25) is 0 Å². The summed E-state index contributed by atoms with van der Waals surface area (Å²) in [6.07, 6.45) is 4.86. The maximum absolute atomic E-state index is 5.33. The van der Waals surface area contributed by atoms with Crippen molar-refractivity contribution in [2.75, 3.05) is 46.9 Å². The van der Waals surface area contributed by atoms with Crippen molar-refractivity contribution >= 4 is 5.96 Å². The van der Waals surface area contributed by atoms with Gasteiger partial charge in [-0.1, -0.05) is 0 Å². The van der Waals surface area contributed by atoms with Crippen LogP contribution in [0, 0.1) is 0 Å². The van der Waals surface area contributed by atoms with Crippen molar-refractivity contribution in [3.05, 3.63) is 24.2 Å². The third kappa shape index (κ3) is 5.69. The predicted octanol–water partition coefficient (Wildman–Crippen LogP) is 1.10. The summed E-state index contributed by atoms with van der Waals surface area (Å²) in [5, 5.41) is 6.86. The van der Waals surface area contributed by atoms with E-state index in [2.05, 4.69) is 20.5 Å². The van der Waals surface area contributed by atoms with Gasteiger partial charge in [0, 0.05) is 52.8 Å². The molecule has 1 aliphatic heterocycles. The van der Waals surface area contributed by atoms with Gasteiger partial charge in [0.1, 0.15) is 5.76 Å². The Morgan fingerprint density at radius 3 is 2.91 bits per heavy atom. The van der Waals surface area contributed by atoms with Crippen LogP contribution in [0.25, 0.3) is 0 Å². The summed E-state index contributed by atoms with van der Waals surface area (Å²) in [5.74, 6) is 1.87. The van der Waals surface area contributed by atoms with Crippen LogP contribution in [-0.4, -0.2) is 63.8 Å². The Kier molecular flexibility index (Phi) is 7.25. The number of hydrogen-bond acceptors (Lipinski definition) is 4. The Morgan fingerprint density at radius 1 is 1.45 bits per heavy atom. The molecule has 0 radical (unpaired) electrons. The third-order valence-corrected chi connectivity index (χ3v) is 4.01. The molecule has 0 spiro atoms. The zero-order valence-electron chi connectivity index (χ0n) is 13.7. The molecule has 1 fully saturated rings. The summed E-state index contributed by atoms with van der Waals surface area (Å²) in [4.78, 5) is 6.75. The fraction of sp³-hybridized carbons (Fsp3) is 0.688. The smallest absolute Gasteiger partial charge is 0.191 e. The Bertz CT molecular complexity index is 425. The molecule has 0 atom stereocenters. The topological polar surface area (TPSA) is 62.0 Å². The molecule has 0 unspecified atom stereocenters. The minimum Gasteiger partial charge on any atom is -0.469 e. The van der Waals surface area contributed by atoms with Gasteiger partial charge in [-0.05, 0) is 25.0 Å². The predicted molar refractivity (Wildman–Crippen MR) is 88.2 cm³/mol. The first kappa shape index (κ1) is 16.8. The number of aliphatic imine (C=N–C) groups is 1. The van der Waals surface area contributed by atoms with Crippen molar-refractivity contribution in [1.29, 1.82) is 0 Å². The van der Waals surface area contributed by atoms with Gasteiger partial charge in [-0.2, -0.15) is 0 Å². The number of likely N-dealkylation sites (tertiary alicyclic amines) is 1. The van der Waals surface area contributed by atoms with Gasteiger partial charge in [0.15, 0.2) is 5.96 Å². The highest BCUT2D eigenvalue weighted by molar-refractivity contribution is 5.79. The Labute approximate surface area is 132 Å². The zero-order chi connectivity index (χ0) is 15.6. The van der Waals surface area contributed by atoms with Gasteiger partial charge in [0.05, 0.1) is 12.9 Å². The van der Waals surface area contributed by atoms with E-state index in [4.69, 9.17) is 9.15 Å². The quantitative estimate of drug-likeness (QED) is 0.583. The fourth-order valence-electron chi connectivity index (χ4n) is 2.67. The van der Waals surface area contributed by atoms with Crippen LogP contribution in [0.15, 0.2) is 27.8 Å². The van der Waals surface area contributed by atoms with Crippen LogP contribution in [-0.2, 0) is 11.2 Å². The number of ether oxygens (including phenoxy) is 1. The van der Waals surface area contributed by atoms with Crippen molar-refractivity contribution in [3.63, 3.8) is 0 Å². The molecule has 1 aliphatic rings. The normalized spacial score (nSPS) is 17.6. The molecule has 0 amide bonds. The lowest BCUT2D eigenvalue weighted by atomic mass is 10.1. The van der Waals surface area contributed by atoms with Crippen molar-refractivity contribution in [2.24, 2.45) is 4.99 Å². The van der Waals surface area contributed by atoms with E-state index in [1.54, 1.807) is 13.4 Å². The fourth-order valence-corrected chi connectivity index (χ4v) is 2.67. The highest BCUT2D eigenvalue weighted by atomic mass is 16.5. The van der Waals surface area contributed by atoms with E-state index in [1.807, 2.05) is 19.2 Å². The molecule has 6 heteroatoms. The number of methoxy groups -OCH3 is 1. The first-order valence-corrected chi connectivity index (χ1v) is 8.02. The molecule has 0 aromatic carbocycles. The molecule has 22 heavy (non-hydrogen) atoms. The summed E-state index contributed by atoms with van der Waals surface area (Å²) >= 11 is 0. The third-order valence-electron chi connectivity index (χ3n) is 4.01. The average molecular weight is 308 g/mol. The molecule has 124 valence electrons. The Balaban J connectivity index is 1.64. The minimum atomic E-state index is 0.494. The van der Waals surface area contributed by atoms with Crippen LogP contribution in [0.1, 0.15) is 18.6 Å². The lowest BCUT2D eigenvalue weighted by Gasteiger charge is -2.32. The Morgan fingerprint density at radius 2 is 2.27 bits per heavy atom. The maximum Gasteiger partial charge on any atom is 0.191 e. The van der Waals surface area contributed by atoms with E-state index in [-0.39, 0.29) is 0 Å².